The minimum absolute atomic E-state index is 0.844. The van der Waals surface area contributed by atoms with Crippen molar-refractivity contribution in [2.24, 2.45) is 9.98 Å². The summed E-state index contributed by atoms with van der Waals surface area (Å²) in [7, 11) is 0. The highest BCUT2D eigenvalue weighted by atomic mass is 14.7. The molecule has 5 aromatic rings. The summed E-state index contributed by atoms with van der Waals surface area (Å²) in [5, 5.41) is 5.08. The molecule has 2 aliphatic rings. The lowest BCUT2D eigenvalue weighted by Gasteiger charge is -2.16. The maximum Gasteiger partial charge on any atom is 0.0746 e. The fourth-order valence-corrected chi connectivity index (χ4v) is 5.78. The summed E-state index contributed by atoms with van der Waals surface area (Å²) < 4.78 is 0. The van der Waals surface area contributed by atoms with Crippen molar-refractivity contribution in [1.82, 2.24) is 0 Å². The van der Waals surface area contributed by atoms with Crippen molar-refractivity contribution in [2.75, 3.05) is 0 Å². The van der Waals surface area contributed by atoms with Gasteiger partial charge < -0.3 is 0 Å². The van der Waals surface area contributed by atoms with E-state index in [0.717, 1.165) is 36.2 Å². The van der Waals surface area contributed by atoms with Crippen molar-refractivity contribution in [2.45, 2.75) is 19.3 Å². The molecule has 0 saturated heterocycles. The molecule has 2 heterocycles. The van der Waals surface area contributed by atoms with Gasteiger partial charge in [0.2, 0.25) is 0 Å². The summed E-state index contributed by atoms with van der Waals surface area (Å²) in [4.78, 5) is 9.57. The fourth-order valence-electron chi connectivity index (χ4n) is 5.78. The molecule has 0 N–H and O–H groups in total. The molecule has 5 aromatic carbocycles. The molecule has 0 aliphatic carbocycles. The van der Waals surface area contributed by atoms with Crippen molar-refractivity contribution < 1.29 is 0 Å². The first-order valence-electron chi connectivity index (χ1n) is 13.6. The Bertz CT molecular complexity index is 1870. The van der Waals surface area contributed by atoms with Gasteiger partial charge in [0.1, 0.15) is 0 Å². The molecule has 0 saturated carbocycles. The largest absolute Gasteiger partial charge is 0.257 e. The molecule has 2 heteroatoms. The SMILES string of the molecule is C1=NC(c2ccccc2)=CCC(c2cccc(-c3ccc4c5c(c6ccccc6c4c3)N=C/C=C\CC5)c2)=C1. The third-order valence-corrected chi connectivity index (χ3v) is 7.73. The first kappa shape index (κ1) is 23.3. The van der Waals surface area contributed by atoms with Gasteiger partial charge in [-0.05, 0) is 93.1 Å². The molecule has 0 unspecified atom stereocenters. The van der Waals surface area contributed by atoms with Gasteiger partial charge in [0.05, 0.1) is 11.4 Å². The van der Waals surface area contributed by atoms with Crippen LogP contribution in [-0.4, -0.2) is 12.4 Å². The van der Waals surface area contributed by atoms with Gasteiger partial charge in [0, 0.05) is 17.8 Å². The van der Waals surface area contributed by atoms with Crippen LogP contribution in [0.1, 0.15) is 29.5 Å². The number of hydrogen-bond acceptors (Lipinski definition) is 2. The van der Waals surface area contributed by atoms with Crippen LogP contribution >= 0.6 is 0 Å². The van der Waals surface area contributed by atoms with E-state index in [4.69, 9.17) is 9.98 Å². The van der Waals surface area contributed by atoms with Gasteiger partial charge in [-0.15, -0.1) is 0 Å². The van der Waals surface area contributed by atoms with Crippen LogP contribution in [0.15, 0.2) is 131 Å². The average Bonchev–Trinajstić information content (AvgIpc) is 3.24. The van der Waals surface area contributed by atoms with E-state index in [-0.39, 0.29) is 0 Å². The predicted molar refractivity (Wildman–Crippen MR) is 168 cm³/mol. The molecule has 0 fully saturated rings. The zero-order valence-electron chi connectivity index (χ0n) is 21.7. The van der Waals surface area contributed by atoms with Gasteiger partial charge >= 0.3 is 0 Å². The second kappa shape index (κ2) is 10.2. The summed E-state index contributed by atoms with van der Waals surface area (Å²) in [5.41, 5.74) is 9.58. The summed E-state index contributed by atoms with van der Waals surface area (Å²) in [6, 6.07) is 34.9. The van der Waals surface area contributed by atoms with E-state index in [9.17, 15) is 0 Å². The van der Waals surface area contributed by atoms with Gasteiger partial charge in [0.25, 0.3) is 0 Å². The van der Waals surface area contributed by atoms with E-state index in [2.05, 4.69) is 115 Å². The summed E-state index contributed by atoms with van der Waals surface area (Å²) in [5.74, 6) is 0. The Morgan fingerprint density at radius 2 is 1.36 bits per heavy atom. The number of nitrogens with zero attached hydrogens (tertiary/aromatic N) is 2. The van der Waals surface area contributed by atoms with Gasteiger partial charge in [-0.3, -0.25) is 9.98 Å². The zero-order valence-corrected chi connectivity index (χ0v) is 21.7. The molecule has 0 bridgehead atoms. The highest BCUT2D eigenvalue weighted by Gasteiger charge is 2.15. The zero-order chi connectivity index (χ0) is 26.0. The Balaban J connectivity index is 1.29. The standard InChI is InChI=1S/C37H28N2/c1-3-10-27(11-4-1)36-20-18-26(21-23-38-36)28-12-9-13-29(24-28)30-17-19-32-34-15-5-2-8-22-39-37(34)33-16-7-6-14-31(33)35(32)25-30/h1-4,6-14,16-17,19-25H,5,15,18H2/b8-2-,39-22?. The maximum absolute atomic E-state index is 4.87. The van der Waals surface area contributed by atoms with Crippen molar-refractivity contribution in [3.8, 4) is 11.1 Å². The van der Waals surface area contributed by atoms with Gasteiger partial charge in [-0.1, -0.05) is 97.1 Å². The van der Waals surface area contributed by atoms with Crippen LogP contribution in [-0.2, 0) is 6.42 Å². The third kappa shape index (κ3) is 4.45. The van der Waals surface area contributed by atoms with Crippen molar-refractivity contribution in [3.05, 3.63) is 138 Å². The lowest BCUT2D eigenvalue weighted by Crippen LogP contribution is -1.93. The quantitative estimate of drug-likeness (QED) is 0.220. The molecule has 0 radical (unpaired) electrons. The number of fused-ring (bicyclic) bond motifs is 6. The Morgan fingerprint density at radius 1 is 0.564 bits per heavy atom. The first-order chi connectivity index (χ1) is 19.3. The summed E-state index contributed by atoms with van der Waals surface area (Å²) in [6.45, 7) is 0. The van der Waals surface area contributed by atoms with Crippen molar-refractivity contribution >= 4 is 50.9 Å². The van der Waals surface area contributed by atoms with E-state index in [1.54, 1.807) is 0 Å². The van der Waals surface area contributed by atoms with E-state index in [1.165, 1.54) is 49.4 Å². The molecule has 186 valence electrons. The first-order valence-corrected chi connectivity index (χ1v) is 13.6. The van der Waals surface area contributed by atoms with Crippen molar-refractivity contribution in [1.29, 1.82) is 0 Å². The molecule has 2 nitrogen and oxygen atoms in total. The van der Waals surface area contributed by atoms with Gasteiger partial charge in [0.15, 0.2) is 0 Å². The number of benzene rings is 5. The van der Waals surface area contributed by atoms with Crippen LogP contribution in [0.3, 0.4) is 0 Å². The topological polar surface area (TPSA) is 24.7 Å². The van der Waals surface area contributed by atoms with Crippen LogP contribution in [0.2, 0.25) is 0 Å². The summed E-state index contributed by atoms with van der Waals surface area (Å²) in [6.07, 6.45) is 15.4. The maximum atomic E-state index is 4.87. The smallest absolute Gasteiger partial charge is 0.0746 e. The Labute approximate surface area is 229 Å². The Hall–Kier alpha value is -4.82. The number of aryl methyl sites for hydroxylation is 1. The highest BCUT2D eigenvalue weighted by Crippen LogP contribution is 2.41. The monoisotopic (exact) mass is 500 g/mol. The van der Waals surface area contributed by atoms with E-state index >= 15 is 0 Å². The Morgan fingerprint density at radius 3 is 2.28 bits per heavy atom. The van der Waals surface area contributed by atoms with Crippen LogP contribution in [0.25, 0.3) is 43.9 Å². The van der Waals surface area contributed by atoms with Crippen LogP contribution in [0.5, 0.6) is 0 Å². The van der Waals surface area contributed by atoms with Gasteiger partial charge in [-0.25, -0.2) is 0 Å². The number of hydrogen-bond donors (Lipinski definition) is 0. The molecule has 39 heavy (non-hydrogen) atoms. The van der Waals surface area contributed by atoms with Crippen LogP contribution in [0, 0.1) is 0 Å². The number of allylic oxidation sites excluding steroid dienone is 5. The lowest BCUT2D eigenvalue weighted by atomic mass is 9.89. The van der Waals surface area contributed by atoms with Crippen molar-refractivity contribution in [3.63, 3.8) is 0 Å². The molecule has 0 atom stereocenters. The van der Waals surface area contributed by atoms with E-state index in [0.29, 0.717) is 0 Å². The summed E-state index contributed by atoms with van der Waals surface area (Å²) >= 11 is 0. The third-order valence-electron chi connectivity index (χ3n) is 7.73. The number of aliphatic imine (C=N–C) groups is 2. The normalized spacial score (nSPS) is 15.7. The average molecular weight is 501 g/mol. The minimum atomic E-state index is 0.844. The van der Waals surface area contributed by atoms with Crippen LogP contribution in [0.4, 0.5) is 5.69 Å². The lowest BCUT2D eigenvalue weighted by molar-refractivity contribution is 1.01. The van der Waals surface area contributed by atoms with Crippen LogP contribution < -0.4 is 0 Å². The molecular formula is C37H28N2. The molecule has 7 rings (SSSR count). The highest BCUT2D eigenvalue weighted by molar-refractivity contribution is 6.15. The fraction of sp³-hybridized carbons (Fsp3) is 0.0811. The van der Waals surface area contributed by atoms with Gasteiger partial charge in [-0.2, -0.15) is 0 Å². The number of rotatable bonds is 3. The minimum Gasteiger partial charge on any atom is -0.257 e. The molecule has 0 aromatic heterocycles. The molecule has 2 aliphatic heterocycles. The molecular weight excluding hydrogens is 472 g/mol. The second-order valence-corrected chi connectivity index (χ2v) is 10.1. The van der Waals surface area contributed by atoms with E-state index in [1.807, 2.05) is 18.5 Å². The second-order valence-electron chi connectivity index (χ2n) is 10.1. The van der Waals surface area contributed by atoms with E-state index < -0.39 is 0 Å². The molecule has 0 spiro atoms. The Kier molecular flexibility index (Phi) is 6.07. The predicted octanol–water partition coefficient (Wildman–Crippen LogP) is 9.76. The molecule has 0 amide bonds.